The number of hydrogen-bond acceptors (Lipinski definition) is 7. The molecular formula is C21H38N4O8. The van der Waals surface area contributed by atoms with Crippen molar-refractivity contribution in [2.75, 3.05) is 0 Å². The smallest absolute Gasteiger partial charge is 0.326 e. The van der Waals surface area contributed by atoms with Gasteiger partial charge in [0.1, 0.15) is 24.2 Å². The first kappa shape index (κ1) is 30.3. The Bertz CT molecular complexity index is 710. The SMILES string of the molecule is CC(C)C[C@H](N)[C@H](O)C(=O)N[C@H](C(=O)N[C@H](C(=O)N[C@@H](CC(=O)O)C(=O)O)C(C)C)C(C)C. The Morgan fingerprint density at radius 2 is 1.18 bits per heavy atom. The molecule has 3 amide bonds. The monoisotopic (exact) mass is 474 g/mol. The number of aliphatic hydroxyl groups is 1. The van der Waals surface area contributed by atoms with E-state index in [0.717, 1.165) is 0 Å². The second-order valence-corrected chi connectivity index (χ2v) is 9.20. The predicted octanol–water partition coefficient (Wildman–Crippen LogP) is -0.954. The Balaban J connectivity index is 5.41. The summed E-state index contributed by atoms with van der Waals surface area (Å²) in [6.45, 7) is 10.3. The zero-order valence-electron chi connectivity index (χ0n) is 20.0. The first-order valence-electron chi connectivity index (χ1n) is 10.9. The molecule has 0 fully saturated rings. The third kappa shape index (κ3) is 10.6. The molecule has 0 saturated heterocycles. The lowest BCUT2D eigenvalue weighted by Gasteiger charge is -2.29. The van der Waals surface area contributed by atoms with Crippen molar-refractivity contribution >= 4 is 29.7 Å². The number of carbonyl (C=O) groups is 5. The summed E-state index contributed by atoms with van der Waals surface area (Å²) in [6, 6.07) is -4.80. The lowest BCUT2D eigenvalue weighted by molar-refractivity contribution is -0.147. The number of carboxylic acids is 2. The van der Waals surface area contributed by atoms with Crippen molar-refractivity contribution in [3.05, 3.63) is 0 Å². The number of nitrogens with two attached hydrogens (primary N) is 1. The molecule has 0 aromatic carbocycles. The molecule has 12 nitrogen and oxygen atoms in total. The summed E-state index contributed by atoms with van der Waals surface area (Å²) < 4.78 is 0. The van der Waals surface area contributed by atoms with Crippen LogP contribution in [0.4, 0.5) is 0 Å². The van der Waals surface area contributed by atoms with Gasteiger partial charge >= 0.3 is 11.9 Å². The summed E-state index contributed by atoms with van der Waals surface area (Å²) in [6.07, 6.45) is -1.97. The summed E-state index contributed by atoms with van der Waals surface area (Å²) in [7, 11) is 0. The van der Waals surface area contributed by atoms with Crippen LogP contribution in [0.2, 0.25) is 0 Å². The van der Waals surface area contributed by atoms with Gasteiger partial charge in [-0.1, -0.05) is 41.5 Å². The minimum Gasteiger partial charge on any atom is -0.481 e. The summed E-state index contributed by atoms with van der Waals surface area (Å²) in [5.74, 6) is -6.12. The zero-order chi connectivity index (χ0) is 26.0. The summed E-state index contributed by atoms with van der Waals surface area (Å²) in [4.78, 5) is 60.0. The van der Waals surface area contributed by atoms with Crippen LogP contribution < -0.4 is 21.7 Å². The van der Waals surface area contributed by atoms with Gasteiger partial charge in [0.2, 0.25) is 11.8 Å². The fourth-order valence-corrected chi connectivity index (χ4v) is 3.06. The molecule has 0 bridgehead atoms. The van der Waals surface area contributed by atoms with Crippen molar-refractivity contribution in [3.63, 3.8) is 0 Å². The summed E-state index contributed by atoms with van der Waals surface area (Å²) >= 11 is 0. The van der Waals surface area contributed by atoms with Crippen molar-refractivity contribution in [3.8, 4) is 0 Å². The van der Waals surface area contributed by atoms with Gasteiger partial charge < -0.3 is 37.0 Å². The molecule has 0 aliphatic heterocycles. The van der Waals surface area contributed by atoms with E-state index in [1.54, 1.807) is 27.7 Å². The molecule has 0 aromatic rings. The van der Waals surface area contributed by atoms with Crippen LogP contribution in [0.1, 0.15) is 54.4 Å². The number of hydrogen-bond donors (Lipinski definition) is 7. The number of aliphatic carboxylic acids is 2. The molecule has 0 saturated carbocycles. The van der Waals surface area contributed by atoms with Gasteiger partial charge in [-0.3, -0.25) is 19.2 Å². The standard InChI is InChI=1S/C21H38N4O8/c1-9(2)7-12(22)17(28)20(31)25-16(11(5)6)19(30)24-15(10(3)4)18(29)23-13(21(32)33)8-14(26)27/h9-13,15-17,28H,7-8,22H2,1-6H3,(H,23,29)(H,24,30)(H,25,31)(H,26,27)(H,32,33)/t12-,13-,15-,16-,17-/m0/s1. The Morgan fingerprint density at radius 3 is 1.55 bits per heavy atom. The predicted molar refractivity (Wildman–Crippen MR) is 119 cm³/mol. The van der Waals surface area contributed by atoms with E-state index in [2.05, 4.69) is 16.0 Å². The van der Waals surface area contributed by atoms with Crippen LogP contribution in [-0.2, 0) is 24.0 Å². The lowest BCUT2D eigenvalue weighted by atomic mass is 9.97. The summed E-state index contributed by atoms with van der Waals surface area (Å²) in [5.41, 5.74) is 5.86. The first-order valence-corrected chi connectivity index (χ1v) is 10.9. The lowest BCUT2D eigenvalue weighted by Crippen LogP contribution is -2.60. The van der Waals surface area contributed by atoms with E-state index in [1.165, 1.54) is 0 Å². The topological polar surface area (TPSA) is 208 Å². The fourth-order valence-electron chi connectivity index (χ4n) is 3.06. The number of carbonyl (C=O) groups excluding carboxylic acids is 3. The van der Waals surface area contributed by atoms with Gasteiger partial charge in [-0.2, -0.15) is 0 Å². The van der Waals surface area contributed by atoms with Crippen LogP contribution >= 0.6 is 0 Å². The molecule has 5 atom stereocenters. The average molecular weight is 475 g/mol. The van der Waals surface area contributed by atoms with Crippen LogP contribution in [-0.4, -0.2) is 75.3 Å². The van der Waals surface area contributed by atoms with Crippen LogP contribution in [0, 0.1) is 17.8 Å². The van der Waals surface area contributed by atoms with Crippen LogP contribution in [0.5, 0.6) is 0 Å². The van der Waals surface area contributed by atoms with Gasteiger partial charge in [-0.15, -0.1) is 0 Å². The highest BCUT2D eigenvalue weighted by Gasteiger charge is 2.34. The van der Waals surface area contributed by atoms with Crippen molar-refractivity contribution in [2.45, 2.75) is 84.7 Å². The Hall–Kier alpha value is -2.73. The van der Waals surface area contributed by atoms with E-state index in [0.29, 0.717) is 6.42 Å². The third-order valence-electron chi connectivity index (χ3n) is 4.90. The van der Waals surface area contributed by atoms with E-state index in [1.807, 2.05) is 13.8 Å². The largest absolute Gasteiger partial charge is 0.481 e. The van der Waals surface area contributed by atoms with Gasteiger partial charge in [0.15, 0.2) is 0 Å². The van der Waals surface area contributed by atoms with Gasteiger partial charge in [0, 0.05) is 6.04 Å². The Labute approximate surface area is 193 Å². The number of aliphatic hydroxyl groups excluding tert-OH is 1. The number of amides is 3. The number of nitrogens with one attached hydrogen (secondary N) is 3. The van der Waals surface area contributed by atoms with E-state index in [4.69, 9.17) is 15.9 Å². The molecule has 0 rings (SSSR count). The zero-order valence-corrected chi connectivity index (χ0v) is 20.0. The van der Waals surface area contributed by atoms with Crippen LogP contribution in [0.25, 0.3) is 0 Å². The van der Waals surface area contributed by atoms with Gasteiger partial charge in [0.25, 0.3) is 5.91 Å². The van der Waals surface area contributed by atoms with E-state index in [9.17, 15) is 29.1 Å². The quantitative estimate of drug-likeness (QED) is 0.165. The average Bonchev–Trinajstić information content (AvgIpc) is 2.66. The molecule has 0 unspecified atom stereocenters. The minimum absolute atomic E-state index is 0.146. The third-order valence-corrected chi connectivity index (χ3v) is 4.90. The minimum atomic E-state index is -1.67. The van der Waals surface area contributed by atoms with E-state index >= 15 is 0 Å². The molecule has 8 N–H and O–H groups in total. The summed E-state index contributed by atoms with van der Waals surface area (Å²) in [5, 5.41) is 35.2. The highest BCUT2D eigenvalue weighted by atomic mass is 16.4. The Kier molecular flexibility index (Phi) is 12.6. The van der Waals surface area contributed by atoms with Gasteiger partial charge in [-0.25, -0.2) is 4.79 Å². The molecule has 0 radical (unpaired) electrons. The molecule has 0 heterocycles. The van der Waals surface area contributed by atoms with Gasteiger partial charge in [-0.05, 0) is 24.2 Å². The van der Waals surface area contributed by atoms with Crippen molar-refractivity contribution in [1.82, 2.24) is 16.0 Å². The fraction of sp³-hybridized carbons (Fsp3) is 0.762. The highest BCUT2D eigenvalue weighted by molar-refractivity contribution is 5.94. The first-order chi connectivity index (χ1) is 15.1. The Morgan fingerprint density at radius 1 is 0.758 bits per heavy atom. The molecule has 12 heteroatoms. The molecular weight excluding hydrogens is 436 g/mol. The highest BCUT2D eigenvalue weighted by Crippen LogP contribution is 2.10. The molecule has 0 aliphatic carbocycles. The van der Waals surface area contributed by atoms with Crippen molar-refractivity contribution in [1.29, 1.82) is 0 Å². The maximum Gasteiger partial charge on any atom is 0.326 e. The second-order valence-electron chi connectivity index (χ2n) is 9.20. The number of carboxylic acid groups (broad SMARTS) is 2. The number of rotatable bonds is 14. The maximum absolute atomic E-state index is 12.9. The van der Waals surface area contributed by atoms with Crippen LogP contribution in [0.15, 0.2) is 0 Å². The molecule has 33 heavy (non-hydrogen) atoms. The molecule has 0 aliphatic rings. The van der Waals surface area contributed by atoms with Gasteiger partial charge in [0.05, 0.1) is 6.42 Å². The molecule has 0 aromatic heterocycles. The normalized spacial score (nSPS) is 16.0. The molecule has 0 spiro atoms. The molecule has 190 valence electrons. The van der Waals surface area contributed by atoms with E-state index in [-0.39, 0.29) is 5.92 Å². The van der Waals surface area contributed by atoms with E-state index < -0.39 is 78.2 Å². The van der Waals surface area contributed by atoms with Crippen molar-refractivity contribution < 1.29 is 39.3 Å². The van der Waals surface area contributed by atoms with Crippen LogP contribution in [0.3, 0.4) is 0 Å². The second kappa shape index (κ2) is 13.7. The maximum atomic E-state index is 12.9. The van der Waals surface area contributed by atoms with Crippen molar-refractivity contribution in [2.24, 2.45) is 23.5 Å².